The lowest BCUT2D eigenvalue weighted by atomic mass is 10.1. The molecule has 0 aliphatic carbocycles. The van der Waals surface area contributed by atoms with Gasteiger partial charge >= 0.3 is 0 Å². The van der Waals surface area contributed by atoms with Crippen molar-refractivity contribution >= 4 is 28.1 Å². The Bertz CT molecular complexity index is 690. The van der Waals surface area contributed by atoms with Crippen LogP contribution in [0.3, 0.4) is 0 Å². The van der Waals surface area contributed by atoms with Gasteiger partial charge in [0.25, 0.3) is 0 Å². The van der Waals surface area contributed by atoms with Crippen molar-refractivity contribution in [3.8, 4) is 0 Å². The maximum Gasteiger partial charge on any atom is 0.233 e. The predicted octanol–water partition coefficient (Wildman–Crippen LogP) is 2.75. The number of carbonyl (C=O) groups excluding carboxylic acids is 1. The van der Waals surface area contributed by atoms with Gasteiger partial charge in [-0.2, -0.15) is 0 Å². The number of hydrogen-bond acceptors (Lipinski definition) is 4. The average molecular weight is 334 g/mol. The van der Waals surface area contributed by atoms with Crippen LogP contribution >= 0.6 is 0 Å². The van der Waals surface area contributed by atoms with E-state index < -0.39 is 16.8 Å². The van der Waals surface area contributed by atoms with Gasteiger partial charge in [-0.05, 0) is 30.0 Å². The van der Waals surface area contributed by atoms with Gasteiger partial charge in [-0.15, -0.1) is 0 Å². The third-order valence-corrected chi connectivity index (χ3v) is 4.99. The molecule has 0 fully saturated rings. The Morgan fingerprint density at radius 3 is 2.78 bits per heavy atom. The van der Waals surface area contributed by atoms with Gasteiger partial charge in [-0.1, -0.05) is 32.0 Å². The third kappa shape index (κ3) is 5.11. The highest BCUT2D eigenvalue weighted by Gasteiger charge is 2.20. The minimum absolute atomic E-state index is 0.250. The number of pyridine rings is 1. The molecular weight excluding hydrogens is 312 g/mol. The number of aromatic nitrogens is 1. The molecule has 1 heterocycles. The molecule has 1 amide bonds. The van der Waals surface area contributed by atoms with E-state index in [-0.39, 0.29) is 5.75 Å². The lowest BCUT2D eigenvalue weighted by Gasteiger charge is -2.23. The average Bonchev–Trinajstić information content (AvgIpc) is 2.52. The standard InChI is InChI=1S/C17H22N2O3S/c1-13(2)7-16(19(21)12-20)11-23(22)10-14-8-15-5-3-4-6-17(15)18-9-14/h3-6,8-9,12-13,16,21H,7,10-11H2,1-2H3/t16-,23?/m0/s1. The molecule has 0 bridgehead atoms. The Morgan fingerprint density at radius 2 is 2.09 bits per heavy atom. The Balaban J connectivity index is 2.05. The molecule has 0 saturated heterocycles. The largest absolute Gasteiger partial charge is 0.286 e. The van der Waals surface area contributed by atoms with E-state index in [2.05, 4.69) is 4.98 Å². The summed E-state index contributed by atoms with van der Waals surface area (Å²) >= 11 is 0. The third-order valence-electron chi connectivity index (χ3n) is 3.58. The summed E-state index contributed by atoms with van der Waals surface area (Å²) in [5, 5.41) is 11.3. The fraction of sp³-hybridized carbons (Fsp3) is 0.412. The van der Waals surface area contributed by atoms with E-state index in [0.29, 0.717) is 29.6 Å². The van der Waals surface area contributed by atoms with Crippen LogP contribution in [0.1, 0.15) is 25.8 Å². The molecule has 0 aliphatic rings. The van der Waals surface area contributed by atoms with Crippen LogP contribution in [0.5, 0.6) is 0 Å². The van der Waals surface area contributed by atoms with E-state index in [0.717, 1.165) is 16.5 Å². The second kappa shape index (κ2) is 8.17. The van der Waals surface area contributed by atoms with Crippen LogP contribution in [0.25, 0.3) is 10.9 Å². The summed E-state index contributed by atoms with van der Waals surface area (Å²) < 4.78 is 12.4. The van der Waals surface area contributed by atoms with Crippen LogP contribution in [0.4, 0.5) is 0 Å². The minimum atomic E-state index is -1.18. The topological polar surface area (TPSA) is 70.5 Å². The number of para-hydroxylation sites is 1. The lowest BCUT2D eigenvalue weighted by Crippen LogP contribution is -2.37. The summed E-state index contributed by atoms with van der Waals surface area (Å²) in [4.78, 5) is 15.1. The zero-order chi connectivity index (χ0) is 16.8. The number of nitrogens with zero attached hydrogens (tertiary/aromatic N) is 2. The highest BCUT2D eigenvalue weighted by Crippen LogP contribution is 2.16. The number of carbonyl (C=O) groups is 1. The van der Waals surface area contributed by atoms with Gasteiger partial charge in [0.05, 0.1) is 17.3 Å². The fourth-order valence-corrected chi connectivity index (χ4v) is 3.90. The summed E-state index contributed by atoms with van der Waals surface area (Å²) in [6.07, 6.45) is 2.72. The minimum Gasteiger partial charge on any atom is -0.286 e. The van der Waals surface area contributed by atoms with Crippen LogP contribution in [-0.2, 0) is 21.3 Å². The van der Waals surface area contributed by atoms with Crippen LogP contribution in [0.15, 0.2) is 36.5 Å². The van der Waals surface area contributed by atoms with Crippen molar-refractivity contribution in [2.24, 2.45) is 5.92 Å². The Morgan fingerprint density at radius 1 is 1.35 bits per heavy atom. The Kier molecular flexibility index (Phi) is 6.24. The Hall–Kier alpha value is -1.79. The van der Waals surface area contributed by atoms with Gasteiger partial charge in [0.15, 0.2) is 0 Å². The van der Waals surface area contributed by atoms with Crippen LogP contribution < -0.4 is 0 Å². The summed E-state index contributed by atoms with van der Waals surface area (Å²) in [6, 6.07) is 9.33. The van der Waals surface area contributed by atoms with Crippen molar-refractivity contribution in [3.63, 3.8) is 0 Å². The molecule has 124 valence electrons. The molecule has 0 aliphatic heterocycles. The van der Waals surface area contributed by atoms with E-state index in [9.17, 15) is 14.2 Å². The first-order valence-electron chi connectivity index (χ1n) is 7.60. The zero-order valence-corrected chi connectivity index (χ0v) is 14.2. The summed E-state index contributed by atoms with van der Waals surface area (Å²) in [7, 11) is -1.18. The molecule has 5 nitrogen and oxygen atoms in total. The van der Waals surface area contributed by atoms with E-state index in [4.69, 9.17) is 0 Å². The van der Waals surface area contributed by atoms with Gasteiger partial charge in [0.2, 0.25) is 6.41 Å². The molecule has 2 rings (SSSR count). The SMILES string of the molecule is CC(C)C[C@@H](CS(=O)Cc1cnc2ccccc2c1)N(O)C=O. The van der Waals surface area contributed by atoms with Crippen LogP contribution in [0.2, 0.25) is 0 Å². The second-order valence-electron chi connectivity index (χ2n) is 6.06. The molecule has 1 unspecified atom stereocenters. The second-order valence-corrected chi connectivity index (χ2v) is 7.56. The predicted molar refractivity (Wildman–Crippen MR) is 91.4 cm³/mol. The molecule has 6 heteroatoms. The molecule has 2 atom stereocenters. The van der Waals surface area contributed by atoms with Gasteiger partial charge in [0.1, 0.15) is 0 Å². The summed E-state index contributed by atoms with van der Waals surface area (Å²) in [5.74, 6) is 0.910. The van der Waals surface area contributed by atoms with Gasteiger partial charge < -0.3 is 0 Å². The molecular formula is C17H22N2O3S. The summed E-state index contributed by atoms with van der Waals surface area (Å²) in [6.45, 7) is 4.00. The molecule has 0 saturated carbocycles. The number of fused-ring (bicyclic) bond motifs is 1. The van der Waals surface area contributed by atoms with E-state index >= 15 is 0 Å². The molecule has 1 aromatic heterocycles. The maximum absolute atomic E-state index is 12.4. The van der Waals surface area contributed by atoms with Crippen molar-refractivity contribution in [2.45, 2.75) is 32.1 Å². The first-order valence-corrected chi connectivity index (χ1v) is 9.09. The molecule has 0 radical (unpaired) electrons. The van der Waals surface area contributed by atoms with Crippen molar-refractivity contribution in [1.82, 2.24) is 10.0 Å². The zero-order valence-electron chi connectivity index (χ0n) is 13.4. The molecule has 0 spiro atoms. The normalized spacial score (nSPS) is 13.9. The summed E-state index contributed by atoms with van der Waals surface area (Å²) in [5.41, 5.74) is 1.79. The quantitative estimate of drug-likeness (QED) is 0.458. The number of hydrogen-bond donors (Lipinski definition) is 1. The van der Waals surface area contributed by atoms with Crippen molar-refractivity contribution in [3.05, 3.63) is 42.1 Å². The number of benzene rings is 1. The fourth-order valence-electron chi connectivity index (χ4n) is 2.54. The highest BCUT2D eigenvalue weighted by atomic mass is 32.2. The number of amides is 1. The van der Waals surface area contributed by atoms with Crippen molar-refractivity contribution in [1.29, 1.82) is 0 Å². The number of rotatable bonds is 8. The van der Waals surface area contributed by atoms with Crippen molar-refractivity contribution < 1.29 is 14.2 Å². The monoisotopic (exact) mass is 334 g/mol. The molecule has 23 heavy (non-hydrogen) atoms. The highest BCUT2D eigenvalue weighted by molar-refractivity contribution is 7.84. The molecule has 1 N–H and O–H groups in total. The first-order chi connectivity index (χ1) is 11.0. The van der Waals surface area contributed by atoms with Crippen LogP contribution in [-0.4, -0.2) is 37.7 Å². The molecule has 1 aromatic carbocycles. The smallest absolute Gasteiger partial charge is 0.233 e. The first kappa shape index (κ1) is 17.6. The van der Waals surface area contributed by atoms with E-state index in [1.807, 2.05) is 44.2 Å². The van der Waals surface area contributed by atoms with Gasteiger partial charge in [-0.25, -0.2) is 5.06 Å². The maximum atomic E-state index is 12.4. The van der Waals surface area contributed by atoms with Crippen LogP contribution in [0, 0.1) is 5.92 Å². The van der Waals surface area contributed by atoms with Crippen molar-refractivity contribution in [2.75, 3.05) is 5.75 Å². The molecule has 2 aromatic rings. The lowest BCUT2D eigenvalue weighted by molar-refractivity contribution is -0.159. The van der Waals surface area contributed by atoms with Gasteiger partial charge in [-0.3, -0.25) is 19.2 Å². The Labute approximate surface area is 138 Å². The number of hydroxylamine groups is 2. The van der Waals surface area contributed by atoms with E-state index in [1.165, 1.54) is 0 Å². The van der Waals surface area contributed by atoms with E-state index in [1.54, 1.807) is 6.20 Å². The van der Waals surface area contributed by atoms with Gasteiger partial charge in [0, 0.05) is 28.1 Å².